The molecule has 7 heteroatoms. The van der Waals surface area contributed by atoms with Gasteiger partial charge in [0, 0.05) is 16.8 Å². The maximum atomic E-state index is 12.9. The summed E-state index contributed by atoms with van der Waals surface area (Å²) in [5.74, 6) is -0.931. The number of rotatable bonds is 3. The third-order valence-corrected chi connectivity index (χ3v) is 4.18. The number of amides is 2. The van der Waals surface area contributed by atoms with Gasteiger partial charge in [-0.1, -0.05) is 43.0 Å². The van der Waals surface area contributed by atoms with Gasteiger partial charge in [0.2, 0.25) is 11.8 Å². The summed E-state index contributed by atoms with van der Waals surface area (Å²) in [6.45, 7) is 5.83. The van der Waals surface area contributed by atoms with E-state index in [1.54, 1.807) is 49.4 Å². The van der Waals surface area contributed by atoms with Gasteiger partial charge in [0.25, 0.3) is 5.91 Å². The summed E-state index contributed by atoms with van der Waals surface area (Å²) in [6, 6.07) is 6.10. The summed E-state index contributed by atoms with van der Waals surface area (Å²) in [5, 5.41) is 12.8. The van der Waals surface area contributed by atoms with Crippen molar-refractivity contribution in [3.63, 3.8) is 0 Å². The second kappa shape index (κ2) is 10.2. The number of nitrogens with two attached hydrogens (primary N) is 1. The van der Waals surface area contributed by atoms with Crippen molar-refractivity contribution in [2.45, 2.75) is 31.9 Å². The minimum absolute atomic E-state index is 0.250. The van der Waals surface area contributed by atoms with Crippen LogP contribution in [0.1, 0.15) is 35.7 Å². The number of fused-ring (bicyclic) bond motifs is 1. The van der Waals surface area contributed by atoms with Gasteiger partial charge < -0.3 is 20.9 Å². The Bertz CT molecular complexity index is 827. The van der Waals surface area contributed by atoms with Gasteiger partial charge in [-0.05, 0) is 31.9 Å². The molecule has 0 radical (unpaired) electrons. The molecular formula is C21H25N3O4. The molecule has 148 valence electrons. The molecular weight excluding hydrogens is 358 g/mol. The Morgan fingerprint density at radius 1 is 1.39 bits per heavy atom. The lowest BCUT2D eigenvalue weighted by molar-refractivity contribution is -0.127. The molecule has 0 aromatic heterocycles. The van der Waals surface area contributed by atoms with Crippen LogP contribution in [-0.2, 0) is 9.53 Å². The van der Waals surface area contributed by atoms with Gasteiger partial charge in [0.15, 0.2) is 6.10 Å². The predicted octanol–water partition coefficient (Wildman–Crippen LogP) is 1.83. The number of carbonyl (C=O) groups excluding carboxylic acids is 2. The number of aliphatic hydroxyl groups excluding tert-OH is 1. The quantitative estimate of drug-likeness (QED) is 0.691. The first-order valence-corrected chi connectivity index (χ1v) is 8.97. The third-order valence-electron chi connectivity index (χ3n) is 4.18. The van der Waals surface area contributed by atoms with Crippen molar-refractivity contribution in [2.24, 2.45) is 10.7 Å². The Balaban J connectivity index is 2.47. The molecule has 1 aromatic carbocycles. The maximum Gasteiger partial charge on any atom is 0.252 e. The smallest absolute Gasteiger partial charge is 0.252 e. The van der Waals surface area contributed by atoms with Crippen LogP contribution in [0.2, 0.25) is 0 Å². The molecule has 0 spiro atoms. The number of benzene rings is 1. The van der Waals surface area contributed by atoms with Crippen molar-refractivity contribution in [1.82, 2.24) is 5.32 Å². The van der Waals surface area contributed by atoms with Gasteiger partial charge in [-0.3, -0.25) is 9.59 Å². The first kappa shape index (κ1) is 21.1. The molecule has 2 atom stereocenters. The highest BCUT2D eigenvalue weighted by molar-refractivity contribution is 6.09. The normalized spacial score (nSPS) is 23.8. The van der Waals surface area contributed by atoms with Crippen LogP contribution in [0.25, 0.3) is 0 Å². The number of allylic oxidation sites excluding steroid dienone is 2. The molecule has 0 aliphatic carbocycles. The molecule has 7 nitrogen and oxygen atoms in total. The van der Waals surface area contributed by atoms with Crippen molar-refractivity contribution >= 4 is 17.5 Å². The van der Waals surface area contributed by atoms with Crippen LogP contribution < -0.4 is 11.1 Å². The van der Waals surface area contributed by atoms with Crippen LogP contribution in [-0.4, -0.2) is 41.4 Å². The fourth-order valence-corrected chi connectivity index (χ4v) is 2.74. The highest BCUT2D eigenvalue weighted by Gasteiger charge is 2.26. The Hall–Kier alpha value is -3.19. The van der Waals surface area contributed by atoms with E-state index in [0.717, 1.165) is 0 Å². The van der Waals surface area contributed by atoms with E-state index < -0.39 is 24.0 Å². The summed E-state index contributed by atoms with van der Waals surface area (Å²) < 4.78 is 5.68. The van der Waals surface area contributed by atoms with E-state index in [4.69, 9.17) is 10.5 Å². The lowest BCUT2D eigenvalue weighted by Crippen LogP contribution is -2.49. The van der Waals surface area contributed by atoms with Crippen molar-refractivity contribution in [2.75, 3.05) is 6.61 Å². The van der Waals surface area contributed by atoms with Crippen molar-refractivity contribution < 1.29 is 19.4 Å². The average molecular weight is 383 g/mol. The summed E-state index contributed by atoms with van der Waals surface area (Å²) in [4.78, 5) is 28.7. The SMILES string of the molecule is C=C/C=C1\N=C(/C)c2ccccc2C(=O)N[C@H](C(O)C(N)=O)C/C=C\CCO1. The number of ether oxygens (including phenoxy) is 1. The van der Waals surface area contributed by atoms with Gasteiger partial charge in [0.05, 0.1) is 12.6 Å². The van der Waals surface area contributed by atoms with E-state index in [1.165, 1.54) is 0 Å². The molecule has 4 N–H and O–H groups in total. The topological polar surface area (TPSA) is 114 Å². The molecule has 1 heterocycles. The number of nitrogens with one attached hydrogen (secondary N) is 1. The number of carbonyl (C=O) groups is 2. The zero-order valence-corrected chi connectivity index (χ0v) is 15.8. The van der Waals surface area contributed by atoms with Gasteiger partial charge in [-0.2, -0.15) is 0 Å². The fraction of sp³-hybridized carbons (Fsp3) is 0.286. The number of hydrogen-bond donors (Lipinski definition) is 3. The van der Waals surface area contributed by atoms with Gasteiger partial charge >= 0.3 is 0 Å². The number of nitrogens with zero attached hydrogens (tertiary/aromatic N) is 1. The zero-order chi connectivity index (χ0) is 20.5. The Morgan fingerprint density at radius 3 is 2.79 bits per heavy atom. The Kier molecular flexibility index (Phi) is 7.71. The minimum Gasteiger partial charge on any atom is -0.477 e. The predicted molar refractivity (Wildman–Crippen MR) is 108 cm³/mol. The molecule has 0 bridgehead atoms. The van der Waals surface area contributed by atoms with Crippen LogP contribution in [0.4, 0.5) is 0 Å². The monoisotopic (exact) mass is 383 g/mol. The largest absolute Gasteiger partial charge is 0.477 e. The van der Waals surface area contributed by atoms with Gasteiger partial charge in [-0.25, -0.2) is 4.99 Å². The van der Waals surface area contributed by atoms with Gasteiger partial charge in [-0.15, -0.1) is 0 Å². The number of hydrogen-bond acceptors (Lipinski definition) is 5. The average Bonchev–Trinajstić information content (AvgIpc) is 2.68. The molecule has 1 unspecified atom stereocenters. The van der Waals surface area contributed by atoms with Crippen molar-refractivity contribution in [1.29, 1.82) is 0 Å². The van der Waals surface area contributed by atoms with E-state index in [-0.39, 0.29) is 6.42 Å². The lowest BCUT2D eigenvalue weighted by atomic mass is 10.0. The van der Waals surface area contributed by atoms with Crippen LogP contribution in [0, 0.1) is 0 Å². The molecule has 28 heavy (non-hydrogen) atoms. The van der Waals surface area contributed by atoms with E-state index in [0.29, 0.717) is 35.7 Å². The maximum absolute atomic E-state index is 12.9. The molecule has 2 amide bonds. The van der Waals surface area contributed by atoms with E-state index in [2.05, 4.69) is 16.9 Å². The molecule has 1 aliphatic heterocycles. The first-order valence-electron chi connectivity index (χ1n) is 8.97. The molecule has 0 saturated heterocycles. The second-order valence-corrected chi connectivity index (χ2v) is 6.25. The van der Waals surface area contributed by atoms with Crippen LogP contribution >= 0.6 is 0 Å². The van der Waals surface area contributed by atoms with Crippen molar-refractivity contribution in [3.05, 3.63) is 72.2 Å². The third kappa shape index (κ3) is 5.65. The standard InChI is InChI=1S/C21H25N3O4/c1-3-9-18-23-14(2)15-10-6-7-11-16(15)21(27)24-17(19(25)20(22)26)12-5-4-8-13-28-18/h3-7,9-11,17,19,25H,1,8,12-13H2,2H3,(H2,22,26)(H,24,27)/b5-4-,18-9+,23-14+/t17-,19?/m0/s1. The fourth-order valence-electron chi connectivity index (χ4n) is 2.74. The summed E-state index contributed by atoms with van der Waals surface area (Å²) in [5.41, 5.74) is 6.77. The van der Waals surface area contributed by atoms with Crippen LogP contribution in [0.15, 0.2) is 66.0 Å². The number of aliphatic hydroxyl groups is 1. The molecule has 0 saturated carbocycles. The van der Waals surface area contributed by atoms with Crippen molar-refractivity contribution in [3.8, 4) is 0 Å². The Labute approximate surface area is 164 Å². The Morgan fingerprint density at radius 2 is 2.11 bits per heavy atom. The number of aliphatic imine (C=N–C) groups is 1. The van der Waals surface area contributed by atoms with E-state index >= 15 is 0 Å². The molecule has 2 rings (SSSR count). The molecule has 1 aliphatic rings. The highest BCUT2D eigenvalue weighted by atomic mass is 16.5. The lowest BCUT2D eigenvalue weighted by Gasteiger charge is -2.22. The van der Waals surface area contributed by atoms with E-state index in [9.17, 15) is 14.7 Å². The molecule has 0 fully saturated rings. The van der Waals surface area contributed by atoms with E-state index in [1.807, 2.05) is 6.08 Å². The number of primary amides is 1. The zero-order valence-electron chi connectivity index (χ0n) is 15.8. The summed E-state index contributed by atoms with van der Waals surface area (Å²) in [6.07, 6.45) is 6.19. The summed E-state index contributed by atoms with van der Waals surface area (Å²) in [7, 11) is 0. The molecule has 1 aromatic rings. The minimum atomic E-state index is -1.50. The van der Waals surface area contributed by atoms with Gasteiger partial charge in [0.1, 0.15) is 0 Å². The second-order valence-electron chi connectivity index (χ2n) is 6.25. The van der Waals surface area contributed by atoms with Crippen LogP contribution in [0.5, 0.6) is 0 Å². The highest BCUT2D eigenvalue weighted by Crippen LogP contribution is 2.15. The summed E-state index contributed by atoms with van der Waals surface area (Å²) >= 11 is 0. The van der Waals surface area contributed by atoms with Crippen LogP contribution in [0.3, 0.4) is 0 Å². The first-order chi connectivity index (χ1) is 13.4.